The molecule has 0 aliphatic carbocycles. The maximum absolute atomic E-state index is 12.9. The molecule has 0 spiro atoms. The molecule has 1 unspecified atom stereocenters. The highest BCUT2D eigenvalue weighted by Gasteiger charge is 2.40. The zero-order chi connectivity index (χ0) is 22.8. The van der Waals surface area contributed by atoms with Crippen LogP contribution in [0.2, 0.25) is 0 Å². The number of rotatable bonds is 6. The molecule has 0 bridgehead atoms. The monoisotopic (exact) mass is 453 g/mol. The van der Waals surface area contributed by atoms with Gasteiger partial charge in [0.15, 0.2) is 0 Å². The SMILES string of the molecule is Cc1ncsc1-c1ccc(CNC(=O)[C@@H]2C[C@@H](O)CN2C(O)c2cccc(O)c2C)cc1. The van der Waals surface area contributed by atoms with Crippen LogP contribution in [-0.2, 0) is 11.3 Å². The third-order valence-electron chi connectivity index (χ3n) is 5.99. The molecule has 8 heteroatoms. The van der Waals surface area contributed by atoms with Crippen molar-refractivity contribution in [2.24, 2.45) is 0 Å². The zero-order valence-corrected chi connectivity index (χ0v) is 18.8. The van der Waals surface area contributed by atoms with Crippen LogP contribution in [0.1, 0.15) is 35.0 Å². The number of benzene rings is 2. The fourth-order valence-electron chi connectivity index (χ4n) is 4.13. The molecule has 1 aromatic heterocycles. The summed E-state index contributed by atoms with van der Waals surface area (Å²) < 4.78 is 0. The Balaban J connectivity index is 1.42. The summed E-state index contributed by atoms with van der Waals surface area (Å²) in [5.41, 5.74) is 5.94. The first-order chi connectivity index (χ1) is 15.3. The summed E-state index contributed by atoms with van der Waals surface area (Å²) in [5, 5.41) is 34.0. The summed E-state index contributed by atoms with van der Waals surface area (Å²) >= 11 is 1.60. The topological polar surface area (TPSA) is 106 Å². The molecule has 3 aromatic rings. The average Bonchev–Trinajstić information content (AvgIpc) is 3.39. The molecule has 1 fully saturated rings. The Bertz CT molecular complexity index is 1100. The third kappa shape index (κ3) is 4.54. The molecule has 2 aromatic carbocycles. The minimum absolute atomic E-state index is 0.0827. The molecule has 0 radical (unpaired) electrons. The van der Waals surface area contributed by atoms with Gasteiger partial charge >= 0.3 is 0 Å². The number of aliphatic hydroxyl groups is 2. The van der Waals surface area contributed by atoms with E-state index >= 15 is 0 Å². The first-order valence-corrected chi connectivity index (χ1v) is 11.4. The fourth-order valence-corrected chi connectivity index (χ4v) is 4.94. The number of β-amino-alcohol motifs (C(OH)–C–C–N with tert-alkyl or cyclic N) is 1. The second-order valence-electron chi connectivity index (χ2n) is 8.15. The third-order valence-corrected chi connectivity index (χ3v) is 6.97. The smallest absolute Gasteiger partial charge is 0.237 e. The lowest BCUT2D eigenvalue weighted by molar-refractivity contribution is -0.129. The molecule has 7 nitrogen and oxygen atoms in total. The van der Waals surface area contributed by atoms with E-state index in [1.807, 2.05) is 36.7 Å². The van der Waals surface area contributed by atoms with E-state index in [0.717, 1.165) is 21.7 Å². The average molecular weight is 454 g/mol. The highest BCUT2D eigenvalue weighted by molar-refractivity contribution is 7.13. The van der Waals surface area contributed by atoms with Crippen molar-refractivity contribution < 1.29 is 20.1 Å². The molecule has 1 aliphatic heterocycles. The molecule has 1 aliphatic rings. The van der Waals surface area contributed by atoms with Gasteiger partial charge in [-0.3, -0.25) is 9.69 Å². The van der Waals surface area contributed by atoms with Gasteiger partial charge < -0.3 is 20.6 Å². The summed E-state index contributed by atoms with van der Waals surface area (Å²) in [5.74, 6) is -0.167. The standard InChI is InChI=1S/C24H27N3O4S/c1-14-19(4-3-5-21(14)29)24(31)27-12-18(28)10-20(27)23(30)25-11-16-6-8-17(9-7-16)22-15(2)26-13-32-22/h3-9,13,18,20,24,28-29,31H,10-12H2,1-2H3,(H,25,30)/t18-,20+,24?/m1/s1. The number of aromatic hydroxyl groups is 1. The fraction of sp³-hybridized carbons (Fsp3) is 0.333. The van der Waals surface area contributed by atoms with E-state index in [-0.39, 0.29) is 24.6 Å². The van der Waals surface area contributed by atoms with Crippen LogP contribution in [0.25, 0.3) is 10.4 Å². The van der Waals surface area contributed by atoms with Crippen molar-refractivity contribution >= 4 is 17.2 Å². The van der Waals surface area contributed by atoms with Gasteiger partial charge in [-0.05, 0) is 43.0 Å². The van der Waals surface area contributed by atoms with Crippen molar-refractivity contribution in [2.75, 3.05) is 6.54 Å². The second kappa shape index (κ2) is 9.38. The number of carbonyl (C=O) groups excluding carboxylic acids is 1. The van der Waals surface area contributed by atoms with Crippen LogP contribution in [0.5, 0.6) is 5.75 Å². The molecule has 2 heterocycles. The molecule has 0 saturated carbocycles. The molecular formula is C24H27N3O4S. The number of hydrogen-bond acceptors (Lipinski definition) is 7. The summed E-state index contributed by atoms with van der Waals surface area (Å²) in [4.78, 5) is 19.9. The first-order valence-electron chi connectivity index (χ1n) is 10.5. The molecule has 3 atom stereocenters. The molecule has 1 saturated heterocycles. The number of aromatic nitrogens is 1. The Morgan fingerprint density at radius 3 is 2.69 bits per heavy atom. The highest BCUT2D eigenvalue weighted by atomic mass is 32.1. The van der Waals surface area contributed by atoms with Gasteiger partial charge in [-0.25, -0.2) is 4.98 Å². The number of aryl methyl sites for hydroxylation is 1. The number of thiazole rings is 1. The van der Waals surface area contributed by atoms with Gasteiger partial charge in [0.1, 0.15) is 12.0 Å². The maximum Gasteiger partial charge on any atom is 0.237 e. The predicted molar refractivity (Wildman–Crippen MR) is 123 cm³/mol. The number of likely N-dealkylation sites (tertiary alicyclic amines) is 1. The van der Waals surface area contributed by atoms with Gasteiger partial charge in [-0.1, -0.05) is 36.4 Å². The Labute approximate surface area is 191 Å². The van der Waals surface area contributed by atoms with Gasteiger partial charge in [0, 0.05) is 18.7 Å². The van der Waals surface area contributed by atoms with Gasteiger partial charge in [0.05, 0.1) is 28.2 Å². The number of phenols is 1. The van der Waals surface area contributed by atoms with E-state index in [2.05, 4.69) is 10.3 Å². The van der Waals surface area contributed by atoms with Crippen LogP contribution in [0, 0.1) is 13.8 Å². The quantitative estimate of drug-likeness (QED) is 0.457. The molecule has 4 rings (SSSR count). The minimum Gasteiger partial charge on any atom is -0.508 e. The number of nitrogens with zero attached hydrogens (tertiary/aromatic N) is 2. The normalized spacial score (nSPS) is 19.8. The Morgan fingerprint density at radius 1 is 1.25 bits per heavy atom. The summed E-state index contributed by atoms with van der Waals surface area (Å²) in [6, 6.07) is 12.2. The number of phenolic OH excluding ortho intramolecular Hbond substituents is 1. The largest absolute Gasteiger partial charge is 0.508 e. The van der Waals surface area contributed by atoms with Gasteiger partial charge in [0.25, 0.3) is 0 Å². The Hall–Kier alpha value is -2.78. The van der Waals surface area contributed by atoms with Gasteiger partial charge in [-0.2, -0.15) is 0 Å². The van der Waals surface area contributed by atoms with Crippen molar-refractivity contribution in [3.63, 3.8) is 0 Å². The van der Waals surface area contributed by atoms with Crippen molar-refractivity contribution in [1.29, 1.82) is 0 Å². The van der Waals surface area contributed by atoms with Crippen molar-refractivity contribution in [3.05, 3.63) is 70.4 Å². The van der Waals surface area contributed by atoms with E-state index in [1.165, 1.54) is 0 Å². The van der Waals surface area contributed by atoms with Crippen LogP contribution in [0.4, 0.5) is 0 Å². The zero-order valence-electron chi connectivity index (χ0n) is 18.0. The predicted octanol–water partition coefficient (Wildman–Crippen LogP) is 2.88. The van der Waals surface area contributed by atoms with Crippen molar-refractivity contribution in [1.82, 2.24) is 15.2 Å². The first kappa shape index (κ1) is 22.4. The van der Waals surface area contributed by atoms with Crippen LogP contribution in [-0.4, -0.2) is 49.8 Å². The number of carbonyl (C=O) groups is 1. The van der Waals surface area contributed by atoms with Crippen LogP contribution >= 0.6 is 11.3 Å². The van der Waals surface area contributed by atoms with E-state index in [0.29, 0.717) is 17.7 Å². The molecule has 4 N–H and O–H groups in total. The van der Waals surface area contributed by atoms with Crippen molar-refractivity contribution in [2.45, 2.75) is 45.2 Å². The van der Waals surface area contributed by atoms with Crippen LogP contribution < -0.4 is 5.32 Å². The van der Waals surface area contributed by atoms with E-state index in [1.54, 1.807) is 41.4 Å². The molecular weight excluding hydrogens is 426 g/mol. The summed E-state index contributed by atoms with van der Waals surface area (Å²) in [6.07, 6.45) is -1.57. The van der Waals surface area contributed by atoms with Gasteiger partial charge in [0.2, 0.25) is 5.91 Å². The number of amides is 1. The number of nitrogens with one attached hydrogen (secondary N) is 1. The number of hydrogen-bond donors (Lipinski definition) is 4. The highest BCUT2D eigenvalue weighted by Crippen LogP contribution is 2.32. The summed E-state index contributed by atoms with van der Waals surface area (Å²) in [7, 11) is 0. The maximum atomic E-state index is 12.9. The Kier molecular flexibility index (Phi) is 6.57. The van der Waals surface area contributed by atoms with Crippen molar-refractivity contribution in [3.8, 4) is 16.2 Å². The van der Waals surface area contributed by atoms with E-state index < -0.39 is 18.4 Å². The molecule has 1 amide bonds. The Morgan fingerprint density at radius 2 is 2.00 bits per heavy atom. The second-order valence-corrected chi connectivity index (χ2v) is 9.00. The van der Waals surface area contributed by atoms with Crippen LogP contribution in [0.3, 0.4) is 0 Å². The lowest BCUT2D eigenvalue weighted by Gasteiger charge is -2.29. The number of aliphatic hydroxyl groups excluding tert-OH is 2. The summed E-state index contributed by atoms with van der Waals surface area (Å²) in [6.45, 7) is 4.22. The molecule has 168 valence electrons. The lowest BCUT2D eigenvalue weighted by atomic mass is 10.0. The minimum atomic E-state index is -1.10. The van der Waals surface area contributed by atoms with E-state index in [4.69, 9.17) is 0 Å². The van der Waals surface area contributed by atoms with Gasteiger partial charge in [-0.15, -0.1) is 11.3 Å². The van der Waals surface area contributed by atoms with E-state index in [9.17, 15) is 20.1 Å². The van der Waals surface area contributed by atoms with Crippen LogP contribution in [0.15, 0.2) is 48.0 Å². The molecule has 32 heavy (non-hydrogen) atoms. The lowest BCUT2D eigenvalue weighted by Crippen LogP contribution is -2.44.